The van der Waals surface area contributed by atoms with Crippen LogP contribution in [0.15, 0.2) is 23.0 Å². The molecular weight excluding hydrogens is 230 g/mol. The molecular formula is C12H15N5O. The van der Waals surface area contributed by atoms with Gasteiger partial charge in [0.25, 0.3) is 0 Å². The Bertz CT molecular complexity index is 654. The highest BCUT2D eigenvalue weighted by Gasteiger charge is 2.12. The Hall–Kier alpha value is -2.11. The molecule has 1 aliphatic carbocycles. The Kier molecular flexibility index (Phi) is 2.62. The van der Waals surface area contributed by atoms with Crippen molar-refractivity contribution in [1.82, 2.24) is 19.6 Å². The van der Waals surface area contributed by atoms with Crippen molar-refractivity contribution < 1.29 is 0 Å². The maximum Gasteiger partial charge on any atom is 0.349 e. The highest BCUT2D eigenvalue weighted by Crippen LogP contribution is 2.16. The number of nitrogens with one attached hydrogen (secondary N) is 2. The molecule has 0 fully saturated rings. The molecule has 0 spiro atoms. The molecule has 2 aromatic rings. The molecule has 6 heteroatoms. The van der Waals surface area contributed by atoms with Crippen molar-refractivity contribution in [1.29, 1.82) is 0 Å². The van der Waals surface area contributed by atoms with E-state index in [4.69, 9.17) is 0 Å². The molecule has 0 bridgehead atoms. The van der Waals surface area contributed by atoms with E-state index < -0.39 is 0 Å². The van der Waals surface area contributed by atoms with Crippen LogP contribution in [0.1, 0.15) is 25.1 Å². The maximum absolute atomic E-state index is 11.5. The van der Waals surface area contributed by atoms with Crippen molar-refractivity contribution in [2.24, 2.45) is 0 Å². The number of aromatic nitrogens is 4. The number of H-pyrrole nitrogens is 1. The molecule has 2 N–H and O–H groups in total. The monoisotopic (exact) mass is 245 g/mol. The lowest BCUT2D eigenvalue weighted by Gasteiger charge is -2.20. The summed E-state index contributed by atoms with van der Waals surface area (Å²) in [5.41, 5.74) is 0.350. The van der Waals surface area contributed by atoms with Crippen LogP contribution in [0, 0.1) is 6.92 Å². The number of nitrogens with zero attached hydrogens (tertiary/aromatic N) is 3. The number of fused-ring (bicyclic) bond motifs is 1. The molecule has 3 rings (SSSR count). The number of aryl methyl sites for hydroxylation is 1. The van der Waals surface area contributed by atoms with Crippen LogP contribution in [0.25, 0.3) is 5.65 Å². The fourth-order valence-electron chi connectivity index (χ4n) is 2.31. The molecule has 2 heterocycles. The van der Waals surface area contributed by atoms with Crippen molar-refractivity contribution in [2.45, 2.75) is 32.2 Å². The van der Waals surface area contributed by atoms with Gasteiger partial charge in [0.1, 0.15) is 11.6 Å². The van der Waals surface area contributed by atoms with E-state index in [1.807, 2.05) is 0 Å². The average Bonchev–Trinajstić information content (AvgIpc) is 2.72. The zero-order chi connectivity index (χ0) is 12.5. The molecule has 18 heavy (non-hydrogen) atoms. The molecule has 0 saturated carbocycles. The summed E-state index contributed by atoms with van der Waals surface area (Å²) in [5, 5.41) is 9.78. The molecule has 0 amide bonds. The van der Waals surface area contributed by atoms with Gasteiger partial charge in [-0.15, -0.1) is 0 Å². The number of aromatic amines is 1. The summed E-state index contributed by atoms with van der Waals surface area (Å²) < 4.78 is 1.46. The minimum Gasteiger partial charge on any atom is -0.367 e. The van der Waals surface area contributed by atoms with Crippen LogP contribution >= 0.6 is 0 Å². The maximum atomic E-state index is 11.5. The van der Waals surface area contributed by atoms with Crippen LogP contribution in [0.2, 0.25) is 0 Å². The topological polar surface area (TPSA) is 75.1 Å². The predicted octanol–water partition coefficient (Wildman–Crippen LogP) is 1.25. The quantitative estimate of drug-likeness (QED) is 0.781. The molecule has 0 aromatic carbocycles. The van der Waals surface area contributed by atoms with E-state index in [9.17, 15) is 4.79 Å². The summed E-state index contributed by atoms with van der Waals surface area (Å²) in [6.45, 7) is 1.80. The lowest BCUT2D eigenvalue weighted by molar-refractivity contribution is 0.641. The summed E-state index contributed by atoms with van der Waals surface area (Å²) in [6.07, 6.45) is 7.61. The van der Waals surface area contributed by atoms with Gasteiger partial charge in [-0.3, -0.25) is 0 Å². The van der Waals surface area contributed by atoms with Gasteiger partial charge < -0.3 is 5.32 Å². The number of rotatable bonds is 2. The van der Waals surface area contributed by atoms with Gasteiger partial charge in [-0.05, 0) is 26.2 Å². The molecule has 2 aromatic heterocycles. The normalized spacial score (nSPS) is 19.3. The molecule has 0 radical (unpaired) electrons. The van der Waals surface area contributed by atoms with E-state index in [1.54, 1.807) is 13.0 Å². The summed E-state index contributed by atoms with van der Waals surface area (Å²) >= 11 is 0. The SMILES string of the molecule is Cc1nc(NC2CC=CCC2)cc2n[nH]c(=O)n12. The van der Waals surface area contributed by atoms with E-state index in [2.05, 4.69) is 32.7 Å². The van der Waals surface area contributed by atoms with Crippen molar-refractivity contribution >= 4 is 11.5 Å². The molecule has 0 aliphatic heterocycles. The fourth-order valence-corrected chi connectivity index (χ4v) is 2.31. The molecule has 6 nitrogen and oxygen atoms in total. The smallest absolute Gasteiger partial charge is 0.349 e. The third-order valence-corrected chi connectivity index (χ3v) is 3.19. The van der Waals surface area contributed by atoms with E-state index in [0.717, 1.165) is 25.1 Å². The van der Waals surface area contributed by atoms with Crippen LogP contribution in [-0.4, -0.2) is 25.6 Å². The van der Waals surface area contributed by atoms with Crippen LogP contribution in [0.5, 0.6) is 0 Å². The van der Waals surface area contributed by atoms with Crippen molar-refractivity contribution in [3.8, 4) is 0 Å². The zero-order valence-electron chi connectivity index (χ0n) is 10.2. The first-order chi connectivity index (χ1) is 8.74. The van der Waals surface area contributed by atoms with Crippen molar-refractivity contribution in [2.75, 3.05) is 5.32 Å². The van der Waals surface area contributed by atoms with Crippen molar-refractivity contribution in [3.63, 3.8) is 0 Å². The molecule has 1 atom stereocenters. The highest BCUT2D eigenvalue weighted by molar-refractivity contribution is 5.50. The van der Waals surface area contributed by atoms with E-state index in [0.29, 0.717) is 17.5 Å². The van der Waals surface area contributed by atoms with Gasteiger partial charge >= 0.3 is 5.69 Å². The Balaban J connectivity index is 1.93. The average molecular weight is 245 g/mol. The first-order valence-corrected chi connectivity index (χ1v) is 6.10. The summed E-state index contributed by atoms with van der Waals surface area (Å²) in [6, 6.07) is 2.21. The fraction of sp³-hybridized carbons (Fsp3) is 0.417. The first-order valence-electron chi connectivity index (χ1n) is 6.10. The second-order valence-electron chi connectivity index (χ2n) is 4.54. The minimum atomic E-state index is -0.248. The number of hydrogen-bond acceptors (Lipinski definition) is 4. The third-order valence-electron chi connectivity index (χ3n) is 3.19. The Morgan fingerprint density at radius 1 is 1.50 bits per heavy atom. The second-order valence-corrected chi connectivity index (χ2v) is 4.54. The van der Waals surface area contributed by atoms with Gasteiger partial charge in [0.15, 0.2) is 5.65 Å². The minimum absolute atomic E-state index is 0.248. The Morgan fingerprint density at radius 3 is 3.17 bits per heavy atom. The summed E-state index contributed by atoms with van der Waals surface area (Å²) in [4.78, 5) is 15.9. The van der Waals surface area contributed by atoms with Gasteiger partial charge in [-0.1, -0.05) is 12.2 Å². The zero-order valence-corrected chi connectivity index (χ0v) is 10.2. The molecule has 0 saturated heterocycles. The number of hydrogen-bond donors (Lipinski definition) is 2. The molecule has 1 unspecified atom stereocenters. The third kappa shape index (κ3) is 1.90. The van der Waals surface area contributed by atoms with Gasteiger partial charge in [-0.2, -0.15) is 5.10 Å². The van der Waals surface area contributed by atoms with Crippen LogP contribution < -0.4 is 11.0 Å². The summed E-state index contributed by atoms with van der Waals surface area (Å²) in [5.74, 6) is 1.42. The summed E-state index contributed by atoms with van der Waals surface area (Å²) in [7, 11) is 0. The van der Waals surface area contributed by atoms with Gasteiger partial charge in [-0.25, -0.2) is 19.3 Å². The van der Waals surface area contributed by atoms with Crippen LogP contribution in [-0.2, 0) is 0 Å². The van der Waals surface area contributed by atoms with Gasteiger partial charge in [0.05, 0.1) is 0 Å². The van der Waals surface area contributed by atoms with Crippen LogP contribution in [0.4, 0.5) is 5.82 Å². The largest absolute Gasteiger partial charge is 0.367 e. The standard InChI is InChI=1S/C12H15N5O/c1-8-13-10(14-9-5-3-2-4-6-9)7-11-15-16-12(18)17(8)11/h2-3,7,9,14H,4-6H2,1H3,(H,16,18). The van der Waals surface area contributed by atoms with E-state index in [1.165, 1.54) is 4.40 Å². The van der Waals surface area contributed by atoms with Gasteiger partial charge in [0.2, 0.25) is 0 Å². The Morgan fingerprint density at radius 2 is 2.39 bits per heavy atom. The Labute approximate surface area is 104 Å². The van der Waals surface area contributed by atoms with E-state index >= 15 is 0 Å². The number of anilines is 1. The molecule has 1 aliphatic rings. The van der Waals surface area contributed by atoms with Gasteiger partial charge in [0, 0.05) is 12.1 Å². The number of allylic oxidation sites excluding steroid dienone is 1. The molecule has 94 valence electrons. The second kappa shape index (κ2) is 4.29. The van der Waals surface area contributed by atoms with Crippen LogP contribution in [0.3, 0.4) is 0 Å². The van der Waals surface area contributed by atoms with E-state index in [-0.39, 0.29) is 5.69 Å². The lowest BCUT2D eigenvalue weighted by Crippen LogP contribution is -2.22. The van der Waals surface area contributed by atoms with Crippen molar-refractivity contribution in [3.05, 3.63) is 34.5 Å². The first kappa shape index (κ1) is 11.0. The lowest BCUT2D eigenvalue weighted by atomic mass is 10.0. The highest BCUT2D eigenvalue weighted by atomic mass is 16.1. The predicted molar refractivity (Wildman–Crippen MR) is 68.7 cm³/mol.